The first kappa shape index (κ1) is 19.2. The maximum atomic E-state index is 13.4. The molecule has 0 amide bonds. The summed E-state index contributed by atoms with van der Waals surface area (Å²) in [5.41, 5.74) is 0.922. The van der Waals surface area contributed by atoms with Crippen molar-refractivity contribution in [1.29, 1.82) is 5.26 Å². The van der Waals surface area contributed by atoms with Crippen LogP contribution < -0.4 is 5.56 Å². The van der Waals surface area contributed by atoms with E-state index in [0.717, 1.165) is 9.95 Å². The van der Waals surface area contributed by atoms with E-state index in [2.05, 4.69) is 4.98 Å². The molecule has 0 bridgehead atoms. The molecular weight excluding hydrogens is 382 g/mol. The second kappa shape index (κ2) is 7.33. The summed E-state index contributed by atoms with van der Waals surface area (Å²) in [4.78, 5) is 30.2. The first-order valence-electron chi connectivity index (χ1n) is 9.22. The van der Waals surface area contributed by atoms with Crippen LogP contribution in [0.25, 0.3) is 11.0 Å². The third kappa shape index (κ3) is 2.95. The molecule has 1 N–H and O–H groups in total. The van der Waals surface area contributed by atoms with Crippen LogP contribution in [-0.4, -0.2) is 20.4 Å². The lowest BCUT2D eigenvalue weighted by atomic mass is 9.98. The van der Waals surface area contributed by atoms with E-state index in [4.69, 9.17) is 4.42 Å². The predicted molar refractivity (Wildman–Crippen MR) is 110 cm³/mol. The molecule has 3 aromatic heterocycles. The van der Waals surface area contributed by atoms with E-state index >= 15 is 0 Å². The van der Waals surface area contributed by atoms with Gasteiger partial charge in [-0.25, -0.2) is 0 Å². The second-order valence-corrected chi connectivity index (χ2v) is 6.94. The van der Waals surface area contributed by atoms with Crippen LogP contribution in [0.2, 0.25) is 0 Å². The first-order chi connectivity index (χ1) is 14.4. The van der Waals surface area contributed by atoms with Gasteiger partial charge in [0.15, 0.2) is 5.76 Å². The second-order valence-electron chi connectivity index (χ2n) is 6.94. The van der Waals surface area contributed by atoms with Gasteiger partial charge in [0.05, 0.1) is 12.1 Å². The molecule has 7 nitrogen and oxygen atoms in total. The highest BCUT2D eigenvalue weighted by Crippen LogP contribution is 2.31. The molecule has 0 atom stereocenters. The quantitative estimate of drug-likeness (QED) is 0.526. The van der Waals surface area contributed by atoms with E-state index in [1.54, 1.807) is 43.6 Å². The lowest BCUT2D eigenvalue weighted by Crippen LogP contribution is -2.27. The number of fused-ring (bicyclic) bond motifs is 1. The molecule has 148 valence electrons. The molecule has 0 aliphatic rings. The molecule has 3 heterocycles. The molecule has 0 radical (unpaired) electrons. The van der Waals surface area contributed by atoms with Crippen LogP contribution in [0.1, 0.15) is 38.4 Å². The van der Waals surface area contributed by atoms with Crippen LogP contribution >= 0.6 is 0 Å². The highest BCUT2D eigenvalue weighted by molar-refractivity contribution is 6.12. The number of pyridine rings is 2. The maximum absolute atomic E-state index is 13.4. The van der Waals surface area contributed by atoms with Crippen molar-refractivity contribution in [1.82, 2.24) is 9.55 Å². The number of nitriles is 1. The van der Waals surface area contributed by atoms with Crippen molar-refractivity contribution < 1.29 is 14.3 Å². The van der Waals surface area contributed by atoms with Crippen LogP contribution in [0.5, 0.6) is 5.88 Å². The lowest BCUT2D eigenvalue weighted by Gasteiger charge is -2.15. The van der Waals surface area contributed by atoms with E-state index in [1.807, 2.05) is 18.2 Å². The van der Waals surface area contributed by atoms with Gasteiger partial charge in [-0.15, -0.1) is 0 Å². The molecule has 0 fully saturated rings. The number of carbonyl (C=O) groups is 1. The van der Waals surface area contributed by atoms with Crippen LogP contribution in [-0.2, 0) is 6.54 Å². The first-order valence-corrected chi connectivity index (χ1v) is 9.22. The van der Waals surface area contributed by atoms with Crippen LogP contribution in [0.15, 0.2) is 58.0 Å². The molecule has 7 heteroatoms. The number of aromatic nitrogens is 2. The number of hydrogen-bond donors (Lipinski definition) is 1. The molecule has 4 rings (SSSR count). The Kier molecular flexibility index (Phi) is 4.68. The molecule has 0 saturated carbocycles. The third-order valence-corrected chi connectivity index (χ3v) is 5.14. The highest BCUT2D eigenvalue weighted by atomic mass is 16.3. The van der Waals surface area contributed by atoms with E-state index < -0.39 is 17.2 Å². The zero-order chi connectivity index (χ0) is 21.4. The van der Waals surface area contributed by atoms with Crippen molar-refractivity contribution in [2.24, 2.45) is 0 Å². The fraction of sp³-hybridized carbons (Fsp3) is 0.130. The summed E-state index contributed by atoms with van der Waals surface area (Å²) >= 11 is 0. The fourth-order valence-corrected chi connectivity index (χ4v) is 3.55. The van der Waals surface area contributed by atoms with Crippen LogP contribution in [0.3, 0.4) is 0 Å². The van der Waals surface area contributed by atoms with E-state index in [1.165, 1.54) is 6.92 Å². The molecule has 0 unspecified atom stereocenters. The van der Waals surface area contributed by atoms with Crippen molar-refractivity contribution in [3.63, 3.8) is 0 Å². The van der Waals surface area contributed by atoms with Gasteiger partial charge in [0.2, 0.25) is 11.7 Å². The van der Waals surface area contributed by atoms with E-state index in [9.17, 15) is 20.0 Å². The number of ketones is 1. The minimum Gasteiger partial charge on any atom is -0.494 e. The number of nitrogens with zero attached hydrogens (tertiary/aromatic N) is 3. The number of aromatic hydroxyl groups is 1. The fourth-order valence-electron chi connectivity index (χ4n) is 3.55. The predicted octanol–water partition coefficient (Wildman–Crippen LogP) is 3.46. The zero-order valence-electron chi connectivity index (χ0n) is 16.3. The van der Waals surface area contributed by atoms with Crippen molar-refractivity contribution >= 4 is 16.8 Å². The summed E-state index contributed by atoms with van der Waals surface area (Å²) in [6, 6.07) is 12.5. The number of carbonyl (C=O) groups excluding carboxylic acids is 1. The standard InChI is InChI=1S/C23H17N3O4/c1-13-17(10-24)22(28)26(12-15-6-5-9-25-11-15)23(29)19(13)20(27)21-14(2)16-7-3-4-8-18(16)30-21/h3-9,11,29H,12H2,1-2H3. The van der Waals surface area contributed by atoms with Crippen molar-refractivity contribution in [2.75, 3.05) is 0 Å². The van der Waals surface area contributed by atoms with Crippen molar-refractivity contribution in [2.45, 2.75) is 20.4 Å². The summed E-state index contributed by atoms with van der Waals surface area (Å²) in [5, 5.41) is 21.2. The molecule has 4 aromatic rings. The van der Waals surface area contributed by atoms with E-state index in [0.29, 0.717) is 16.7 Å². The molecule has 0 aliphatic heterocycles. The Hall–Kier alpha value is -4.18. The van der Waals surface area contributed by atoms with Gasteiger partial charge in [-0.1, -0.05) is 24.3 Å². The highest BCUT2D eigenvalue weighted by Gasteiger charge is 2.28. The van der Waals surface area contributed by atoms with Gasteiger partial charge in [0.25, 0.3) is 5.56 Å². The summed E-state index contributed by atoms with van der Waals surface area (Å²) in [7, 11) is 0. The van der Waals surface area contributed by atoms with E-state index in [-0.39, 0.29) is 29.0 Å². The Morgan fingerprint density at radius 3 is 2.63 bits per heavy atom. The number of benzene rings is 1. The normalized spacial score (nSPS) is 10.8. The van der Waals surface area contributed by atoms with Gasteiger partial charge >= 0.3 is 0 Å². The van der Waals surface area contributed by atoms with Gasteiger partial charge in [0, 0.05) is 23.3 Å². The van der Waals surface area contributed by atoms with Gasteiger partial charge in [0.1, 0.15) is 17.2 Å². The van der Waals surface area contributed by atoms with Gasteiger partial charge in [-0.2, -0.15) is 5.26 Å². The summed E-state index contributed by atoms with van der Waals surface area (Å²) in [6.45, 7) is 3.19. The summed E-state index contributed by atoms with van der Waals surface area (Å²) in [6.07, 6.45) is 3.13. The summed E-state index contributed by atoms with van der Waals surface area (Å²) in [5.74, 6) is -1.04. The van der Waals surface area contributed by atoms with Gasteiger partial charge < -0.3 is 9.52 Å². The average Bonchev–Trinajstić information content (AvgIpc) is 3.09. The SMILES string of the molecule is Cc1c(C(=O)c2oc3ccccc3c2C)c(O)n(Cc2cccnc2)c(=O)c1C#N. The smallest absolute Gasteiger partial charge is 0.271 e. The minimum absolute atomic E-state index is 0.0349. The molecule has 0 aliphatic carbocycles. The average molecular weight is 399 g/mol. The molecule has 1 aromatic carbocycles. The largest absolute Gasteiger partial charge is 0.494 e. The molecule has 0 spiro atoms. The Balaban J connectivity index is 1.94. The van der Waals surface area contributed by atoms with Gasteiger partial charge in [-0.3, -0.25) is 19.1 Å². The number of hydrogen-bond acceptors (Lipinski definition) is 6. The van der Waals surface area contributed by atoms with Crippen molar-refractivity contribution in [3.8, 4) is 11.9 Å². The number of rotatable bonds is 4. The van der Waals surface area contributed by atoms with Gasteiger partial charge in [-0.05, 0) is 37.1 Å². The summed E-state index contributed by atoms with van der Waals surface area (Å²) < 4.78 is 6.75. The Morgan fingerprint density at radius 1 is 1.20 bits per heavy atom. The van der Waals surface area contributed by atoms with Crippen LogP contribution in [0, 0.1) is 25.2 Å². The molecule has 0 saturated heterocycles. The number of furan rings is 1. The topological polar surface area (TPSA) is 109 Å². The molecular formula is C23H17N3O4. The Bertz CT molecular complexity index is 1390. The monoisotopic (exact) mass is 399 g/mol. The molecule has 30 heavy (non-hydrogen) atoms. The Labute approximate surface area is 171 Å². The number of aryl methyl sites for hydroxylation is 1. The number of para-hydroxylation sites is 1. The van der Waals surface area contributed by atoms with Crippen LogP contribution in [0.4, 0.5) is 0 Å². The minimum atomic E-state index is -0.672. The zero-order valence-corrected chi connectivity index (χ0v) is 16.3. The Morgan fingerprint density at radius 2 is 1.97 bits per heavy atom. The third-order valence-electron chi connectivity index (χ3n) is 5.14. The maximum Gasteiger partial charge on any atom is 0.271 e. The lowest BCUT2D eigenvalue weighted by molar-refractivity contribution is 0.101. The van der Waals surface area contributed by atoms with Crippen molar-refractivity contribution in [3.05, 3.63) is 92.7 Å².